The molecule has 22 heavy (non-hydrogen) atoms. The van der Waals surface area contributed by atoms with Crippen LogP contribution in [0.25, 0.3) is 0 Å². The van der Waals surface area contributed by atoms with Crippen LogP contribution in [-0.4, -0.2) is 22.3 Å². The minimum Gasteiger partial charge on any atom is -0.381 e. The molecule has 4 aliphatic rings. The summed E-state index contributed by atoms with van der Waals surface area (Å²) in [5.74, 6) is 1.41. The summed E-state index contributed by atoms with van der Waals surface area (Å²) < 4.78 is 0. The summed E-state index contributed by atoms with van der Waals surface area (Å²) in [4.78, 5) is 25.2. The standard InChI is InChI=1S/C19H26O3/c1-17-10-7-14-12(13(17)5-6-15(17)20)11-16(21)19(22)9-4-3-8-18(14,19)2/h3-4,12-14,22H,5-11H2,1-2H3/t12-,13-,14-,17-,18+,19-/m0/s1. The average molecular weight is 302 g/mol. The number of aliphatic hydroxyl groups is 1. The molecule has 0 amide bonds. The molecular weight excluding hydrogens is 276 g/mol. The second-order valence-electron chi connectivity index (χ2n) is 8.58. The maximum Gasteiger partial charge on any atom is 0.165 e. The van der Waals surface area contributed by atoms with Gasteiger partial charge in [0.1, 0.15) is 11.4 Å². The van der Waals surface area contributed by atoms with Crippen LogP contribution in [-0.2, 0) is 9.59 Å². The summed E-state index contributed by atoms with van der Waals surface area (Å²) >= 11 is 0. The molecular formula is C19H26O3. The number of Topliss-reactive ketones (excluding diaryl/α,β-unsaturated/α-hetero) is 2. The normalized spacial score (nSPS) is 53.9. The molecule has 0 bridgehead atoms. The lowest BCUT2D eigenvalue weighted by Crippen LogP contribution is -2.65. The molecule has 3 saturated carbocycles. The van der Waals surface area contributed by atoms with E-state index >= 15 is 0 Å². The van der Waals surface area contributed by atoms with Gasteiger partial charge in [0.25, 0.3) is 0 Å². The summed E-state index contributed by atoms with van der Waals surface area (Å²) in [6.45, 7) is 4.24. The van der Waals surface area contributed by atoms with Crippen molar-refractivity contribution in [3.05, 3.63) is 12.2 Å². The molecule has 0 aromatic rings. The highest BCUT2D eigenvalue weighted by Gasteiger charge is 2.66. The molecule has 4 rings (SSSR count). The van der Waals surface area contributed by atoms with Crippen molar-refractivity contribution in [1.82, 2.24) is 0 Å². The maximum atomic E-state index is 12.8. The summed E-state index contributed by atoms with van der Waals surface area (Å²) in [6, 6.07) is 0. The van der Waals surface area contributed by atoms with Gasteiger partial charge in [-0.25, -0.2) is 0 Å². The Labute approximate surface area is 132 Å². The Morgan fingerprint density at radius 3 is 2.55 bits per heavy atom. The predicted octanol–water partition coefficient (Wildman–Crippen LogP) is 3.06. The molecule has 0 aromatic heterocycles. The smallest absolute Gasteiger partial charge is 0.165 e. The lowest BCUT2D eigenvalue weighted by atomic mass is 9.44. The fourth-order valence-electron chi connectivity index (χ4n) is 6.39. The first-order chi connectivity index (χ1) is 10.3. The van der Waals surface area contributed by atoms with Crippen molar-refractivity contribution in [2.45, 2.75) is 64.4 Å². The largest absolute Gasteiger partial charge is 0.381 e. The molecule has 1 N–H and O–H groups in total. The third kappa shape index (κ3) is 1.51. The molecule has 0 aliphatic heterocycles. The van der Waals surface area contributed by atoms with Crippen LogP contribution in [0.15, 0.2) is 12.2 Å². The average Bonchev–Trinajstić information content (AvgIpc) is 2.78. The van der Waals surface area contributed by atoms with Crippen LogP contribution in [0.2, 0.25) is 0 Å². The van der Waals surface area contributed by atoms with Gasteiger partial charge in [0, 0.05) is 30.1 Å². The molecule has 0 aromatic carbocycles. The van der Waals surface area contributed by atoms with Crippen LogP contribution in [0.4, 0.5) is 0 Å². The first-order valence-corrected chi connectivity index (χ1v) is 8.77. The van der Waals surface area contributed by atoms with Gasteiger partial charge in [-0.15, -0.1) is 0 Å². The second kappa shape index (κ2) is 4.31. The zero-order chi connectivity index (χ0) is 15.8. The number of fused-ring (bicyclic) bond motifs is 5. The van der Waals surface area contributed by atoms with Gasteiger partial charge in [-0.3, -0.25) is 9.59 Å². The van der Waals surface area contributed by atoms with E-state index in [1.165, 1.54) is 0 Å². The third-order valence-corrected chi connectivity index (χ3v) is 7.91. The van der Waals surface area contributed by atoms with E-state index in [1.54, 1.807) is 0 Å². The zero-order valence-corrected chi connectivity index (χ0v) is 13.6. The van der Waals surface area contributed by atoms with E-state index in [4.69, 9.17) is 0 Å². The van der Waals surface area contributed by atoms with Gasteiger partial charge in [0.2, 0.25) is 0 Å². The van der Waals surface area contributed by atoms with Crippen LogP contribution in [0.1, 0.15) is 58.8 Å². The maximum absolute atomic E-state index is 12.8. The topological polar surface area (TPSA) is 54.4 Å². The lowest BCUT2D eigenvalue weighted by molar-refractivity contribution is -0.191. The van der Waals surface area contributed by atoms with Crippen molar-refractivity contribution in [2.75, 3.05) is 0 Å². The van der Waals surface area contributed by atoms with Gasteiger partial charge in [0.05, 0.1) is 0 Å². The number of carbonyl (C=O) groups is 2. The van der Waals surface area contributed by atoms with Crippen molar-refractivity contribution in [3.63, 3.8) is 0 Å². The molecule has 0 unspecified atom stereocenters. The molecule has 120 valence electrons. The first-order valence-electron chi connectivity index (χ1n) is 8.77. The van der Waals surface area contributed by atoms with E-state index in [1.807, 2.05) is 6.08 Å². The fourth-order valence-corrected chi connectivity index (χ4v) is 6.39. The molecule has 0 radical (unpaired) electrons. The highest BCUT2D eigenvalue weighted by molar-refractivity contribution is 5.91. The Morgan fingerprint density at radius 2 is 1.77 bits per heavy atom. The Bertz CT molecular complexity index is 579. The zero-order valence-electron chi connectivity index (χ0n) is 13.6. The first kappa shape index (κ1) is 14.6. The molecule has 6 atom stereocenters. The van der Waals surface area contributed by atoms with Gasteiger partial charge >= 0.3 is 0 Å². The highest BCUT2D eigenvalue weighted by Crippen LogP contribution is 2.65. The number of hydrogen-bond acceptors (Lipinski definition) is 3. The molecule has 0 heterocycles. The minimum atomic E-state index is -1.18. The molecule has 4 aliphatic carbocycles. The second-order valence-corrected chi connectivity index (χ2v) is 8.58. The van der Waals surface area contributed by atoms with Gasteiger partial charge in [-0.05, 0) is 43.4 Å². The number of rotatable bonds is 0. The van der Waals surface area contributed by atoms with Gasteiger partial charge < -0.3 is 5.11 Å². The van der Waals surface area contributed by atoms with E-state index in [0.29, 0.717) is 36.9 Å². The number of hydrogen-bond donors (Lipinski definition) is 1. The Kier molecular flexibility index (Phi) is 2.87. The van der Waals surface area contributed by atoms with Crippen LogP contribution >= 0.6 is 0 Å². The van der Waals surface area contributed by atoms with Crippen LogP contribution in [0.5, 0.6) is 0 Å². The summed E-state index contributed by atoms with van der Waals surface area (Å²) in [7, 11) is 0. The SMILES string of the molecule is C[C@]12CC[C@H]3[C@@H](CC(=O)[C@@]4(O)CC=CC[C@]34C)[C@@H]1CCC2=O. The summed E-state index contributed by atoms with van der Waals surface area (Å²) in [6.07, 6.45) is 9.35. The van der Waals surface area contributed by atoms with E-state index in [0.717, 1.165) is 25.7 Å². The fraction of sp³-hybridized carbons (Fsp3) is 0.789. The van der Waals surface area contributed by atoms with Gasteiger partial charge in [-0.1, -0.05) is 26.0 Å². The number of allylic oxidation sites excluding steroid dienone is 1. The Morgan fingerprint density at radius 1 is 1.05 bits per heavy atom. The molecule has 3 heteroatoms. The summed E-state index contributed by atoms with van der Waals surface area (Å²) in [5, 5.41) is 11.1. The van der Waals surface area contributed by atoms with Crippen molar-refractivity contribution in [3.8, 4) is 0 Å². The minimum absolute atomic E-state index is 0.0178. The van der Waals surface area contributed by atoms with Crippen molar-refractivity contribution < 1.29 is 14.7 Å². The van der Waals surface area contributed by atoms with Crippen molar-refractivity contribution in [1.29, 1.82) is 0 Å². The monoisotopic (exact) mass is 302 g/mol. The predicted molar refractivity (Wildman–Crippen MR) is 83.1 cm³/mol. The van der Waals surface area contributed by atoms with Crippen molar-refractivity contribution in [2.24, 2.45) is 28.6 Å². The Hall–Kier alpha value is -0.960. The van der Waals surface area contributed by atoms with Crippen molar-refractivity contribution >= 4 is 11.6 Å². The van der Waals surface area contributed by atoms with E-state index < -0.39 is 5.60 Å². The molecule has 0 saturated heterocycles. The number of ketones is 2. The van der Waals surface area contributed by atoms with Gasteiger partial charge in [-0.2, -0.15) is 0 Å². The highest BCUT2D eigenvalue weighted by atomic mass is 16.3. The van der Waals surface area contributed by atoms with Crippen LogP contribution < -0.4 is 0 Å². The molecule has 3 fully saturated rings. The molecule has 3 nitrogen and oxygen atoms in total. The van der Waals surface area contributed by atoms with Gasteiger partial charge in [0.15, 0.2) is 5.78 Å². The number of carbonyl (C=O) groups excluding carboxylic acids is 2. The lowest BCUT2D eigenvalue weighted by Gasteiger charge is -2.60. The van der Waals surface area contributed by atoms with E-state index in [9.17, 15) is 14.7 Å². The van der Waals surface area contributed by atoms with Crippen LogP contribution in [0, 0.1) is 28.6 Å². The van der Waals surface area contributed by atoms with E-state index in [-0.39, 0.29) is 22.5 Å². The quantitative estimate of drug-likeness (QED) is 0.700. The molecule has 0 spiro atoms. The Balaban J connectivity index is 1.77. The van der Waals surface area contributed by atoms with Crippen LogP contribution in [0.3, 0.4) is 0 Å². The third-order valence-electron chi connectivity index (χ3n) is 7.91. The van der Waals surface area contributed by atoms with E-state index in [2.05, 4.69) is 19.9 Å². The summed E-state index contributed by atoms with van der Waals surface area (Å²) in [5.41, 5.74) is -1.74.